The van der Waals surface area contributed by atoms with Gasteiger partial charge in [0.1, 0.15) is 11.6 Å². The van der Waals surface area contributed by atoms with Gasteiger partial charge in [0.2, 0.25) is 12.7 Å². The maximum absolute atomic E-state index is 14.6. The van der Waals surface area contributed by atoms with E-state index in [1.54, 1.807) is 6.08 Å². The van der Waals surface area contributed by atoms with Crippen LogP contribution in [0, 0.1) is 0 Å². The highest BCUT2D eigenvalue weighted by atomic mass is 16.7. The Morgan fingerprint density at radius 3 is 2.46 bits per heavy atom. The summed E-state index contributed by atoms with van der Waals surface area (Å²) < 4.78 is 22.9. The third-order valence-electron chi connectivity index (χ3n) is 10.2. The summed E-state index contributed by atoms with van der Waals surface area (Å²) in [7, 11) is 0. The van der Waals surface area contributed by atoms with Gasteiger partial charge in [0.05, 0.1) is 12.0 Å². The van der Waals surface area contributed by atoms with E-state index < -0.39 is 53.7 Å². The van der Waals surface area contributed by atoms with Crippen molar-refractivity contribution in [3.8, 4) is 11.5 Å². The van der Waals surface area contributed by atoms with Gasteiger partial charge in [-0.15, -0.1) is 0 Å². The minimum atomic E-state index is -1.37. The first-order valence-electron chi connectivity index (χ1n) is 18.3. The van der Waals surface area contributed by atoms with E-state index >= 15 is 0 Å². The lowest BCUT2D eigenvalue weighted by Crippen LogP contribution is -2.43. The van der Waals surface area contributed by atoms with Crippen LogP contribution < -0.4 is 9.47 Å². The Kier molecular flexibility index (Phi) is 10.9. The second kappa shape index (κ2) is 16.3. The number of hydrogen-bond donors (Lipinski definition) is 2. The Morgan fingerprint density at radius 1 is 0.907 bits per heavy atom. The Bertz CT molecular complexity index is 2200. The molecule has 1 saturated carbocycles. The third kappa shape index (κ3) is 8.25. The molecule has 1 aliphatic heterocycles. The summed E-state index contributed by atoms with van der Waals surface area (Å²) in [5.74, 6) is -3.01. The molecule has 0 radical (unpaired) electrons. The number of aliphatic hydroxyl groups excluding tert-OH is 1. The number of oxazole rings is 1. The van der Waals surface area contributed by atoms with E-state index in [-0.39, 0.29) is 13.3 Å². The van der Waals surface area contributed by atoms with Crippen LogP contribution in [-0.2, 0) is 25.7 Å². The van der Waals surface area contributed by atoms with Crippen LogP contribution in [0.25, 0.3) is 27.9 Å². The number of fused-ring (bicyclic) bond motifs is 3. The molecular weight excluding hydrogens is 688 g/mol. The number of aromatic nitrogens is 1. The lowest BCUT2D eigenvalue weighted by molar-refractivity contribution is -0.149. The fourth-order valence-electron chi connectivity index (χ4n) is 7.26. The van der Waals surface area contributed by atoms with Gasteiger partial charge >= 0.3 is 11.9 Å². The second-order valence-corrected chi connectivity index (χ2v) is 13.8. The Morgan fingerprint density at radius 2 is 1.67 bits per heavy atom. The van der Waals surface area contributed by atoms with Crippen molar-refractivity contribution in [2.75, 3.05) is 6.79 Å². The van der Waals surface area contributed by atoms with Crippen molar-refractivity contribution in [3.05, 3.63) is 119 Å². The molecule has 1 amide bonds. The molecular formula is C43H42N2O9. The molecule has 2 aliphatic rings. The van der Waals surface area contributed by atoms with Crippen LogP contribution in [0.3, 0.4) is 0 Å². The summed E-state index contributed by atoms with van der Waals surface area (Å²) in [6.07, 6.45) is 6.87. The molecule has 7 rings (SSSR count). The Labute approximate surface area is 312 Å². The number of nitrogens with zero attached hydrogens (tertiary/aromatic N) is 2. The van der Waals surface area contributed by atoms with Crippen molar-refractivity contribution in [2.24, 2.45) is 0 Å². The number of carboxylic acid groups (broad SMARTS) is 1. The number of hydrogen-bond acceptors (Lipinski definition) is 9. The van der Waals surface area contributed by atoms with Gasteiger partial charge in [-0.1, -0.05) is 67.1 Å². The van der Waals surface area contributed by atoms with Crippen molar-refractivity contribution in [1.82, 2.24) is 9.88 Å². The molecule has 54 heavy (non-hydrogen) atoms. The number of rotatable bonds is 13. The number of carbonyl (C=O) groups is 3. The van der Waals surface area contributed by atoms with E-state index in [4.69, 9.17) is 18.6 Å². The molecule has 0 bridgehead atoms. The zero-order valence-corrected chi connectivity index (χ0v) is 30.0. The van der Waals surface area contributed by atoms with E-state index in [0.29, 0.717) is 42.2 Å². The van der Waals surface area contributed by atoms with Crippen molar-refractivity contribution in [1.29, 1.82) is 0 Å². The van der Waals surface area contributed by atoms with Crippen molar-refractivity contribution >= 4 is 45.8 Å². The highest BCUT2D eigenvalue weighted by molar-refractivity contribution is 6.03. The molecule has 0 spiro atoms. The van der Waals surface area contributed by atoms with Crippen LogP contribution in [0.15, 0.2) is 107 Å². The standard InChI is InChI=1S/C43H42N2O9/c1-27(33(31-20-21-37-38(23-31)52-26-51-37)14-9-17-39-44-35-15-7-8-16-36(35)54-39)45(25-28-18-19-29-10-5-6-11-30(29)22-28)42(49)41(48)34(24-40(46)47)43(50)53-32-12-3-2-4-13-32/h5-11,15-23,27,32-33,48H,2-4,12-14,24-26H2,1H3,(H,46,47)/t27-,33+/m1/s1. The zero-order chi connectivity index (χ0) is 37.6. The number of esters is 1. The first kappa shape index (κ1) is 36.3. The molecule has 1 aliphatic carbocycles. The molecule has 11 heteroatoms. The molecule has 278 valence electrons. The van der Waals surface area contributed by atoms with E-state index in [0.717, 1.165) is 46.7 Å². The number of amides is 1. The van der Waals surface area contributed by atoms with Crippen molar-refractivity contribution in [3.63, 3.8) is 0 Å². The first-order valence-corrected chi connectivity index (χ1v) is 18.3. The van der Waals surface area contributed by atoms with Gasteiger partial charge in [-0.25, -0.2) is 9.78 Å². The molecule has 2 heterocycles. The highest BCUT2D eigenvalue weighted by Gasteiger charge is 2.35. The predicted octanol–water partition coefficient (Wildman–Crippen LogP) is 8.48. The molecule has 4 aromatic carbocycles. The molecule has 5 aromatic rings. The second-order valence-electron chi connectivity index (χ2n) is 13.8. The maximum Gasteiger partial charge on any atom is 0.338 e. The third-order valence-corrected chi connectivity index (χ3v) is 10.2. The van der Waals surface area contributed by atoms with Crippen LogP contribution in [0.1, 0.15) is 74.8 Å². The average molecular weight is 731 g/mol. The largest absolute Gasteiger partial charge is 0.503 e. The summed E-state index contributed by atoms with van der Waals surface area (Å²) in [5, 5.41) is 23.4. The monoisotopic (exact) mass is 730 g/mol. The van der Waals surface area contributed by atoms with Gasteiger partial charge in [0.15, 0.2) is 22.8 Å². The van der Waals surface area contributed by atoms with Crippen LogP contribution in [0.5, 0.6) is 11.5 Å². The van der Waals surface area contributed by atoms with E-state index in [9.17, 15) is 24.6 Å². The van der Waals surface area contributed by atoms with Gasteiger partial charge in [-0.2, -0.15) is 0 Å². The first-order chi connectivity index (χ1) is 26.2. The summed E-state index contributed by atoms with van der Waals surface area (Å²) in [6.45, 7) is 2.00. The summed E-state index contributed by atoms with van der Waals surface area (Å²) in [5.41, 5.74) is 2.41. The number of aliphatic carboxylic acids is 1. The van der Waals surface area contributed by atoms with Crippen LogP contribution >= 0.6 is 0 Å². The summed E-state index contributed by atoms with van der Waals surface area (Å²) in [6, 6.07) is 26.2. The topological polar surface area (TPSA) is 149 Å². The molecule has 11 nitrogen and oxygen atoms in total. The maximum atomic E-state index is 14.6. The van der Waals surface area contributed by atoms with Gasteiger partial charge in [-0.05, 0) is 97.3 Å². The smallest absolute Gasteiger partial charge is 0.338 e. The highest BCUT2D eigenvalue weighted by Crippen LogP contribution is 2.38. The molecule has 0 saturated heterocycles. The number of carboxylic acids is 1. The Hall–Kier alpha value is -6.10. The Balaban J connectivity index is 1.27. The summed E-state index contributed by atoms with van der Waals surface area (Å²) >= 11 is 0. The number of allylic oxidation sites excluding steroid dienone is 1. The van der Waals surface area contributed by atoms with E-state index in [2.05, 4.69) is 4.98 Å². The quantitative estimate of drug-likeness (QED) is 0.0686. The molecule has 1 aromatic heterocycles. The zero-order valence-electron chi connectivity index (χ0n) is 30.0. The predicted molar refractivity (Wildman–Crippen MR) is 202 cm³/mol. The minimum Gasteiger partial charge on any atom is -0.503 e. The van der Waals surface area contributed by atoms with Gasteiger partial charge in [-0.3, -0.25) is 9.59 Å². The normalized spacial score (nSPS) is 15.9. The van der Waals surface area contributed by atoms with Crippen molar-refractivity contribution in [2.45, 2.75) is 76.5 Å². The fourth-order valence-corrected chi connectivity index (χ4v) is 7.26. The number of aliphatic hydroxyl groups is 1. The molecule has 2 N–H and O–H groups in total. The number of ether oxygens (including phenoxy) is 3. The molecule has 1 fully saturated rings. The van der Waals surface area contributed by atoms with Gasteiger partial charge < -0.3 is 33.7 Å². The average Bonchev–Trinajstić information content (AvgIpc) is 3.84. The van der Waals surface area contributed by atoms with Crippen LogP contribution in [-0.4, -0.2) is 56.9 Å². The number of carbonyl (C=O) groups excluding carboxylic acids is 2. The minimum absolute atomic E-state index is 0.0445. The van der Waals surface area contributed by atoms with Gasteiger partial charge in [0, 0.05) is 18.5 Å². The fraction of sp³-hybridized carbons (Fsp3) is 0.302. The van der Waals surface area contributed by atoms with Crippen LogP contribution in [0.4, 0.5) is 0 Å². The molecule has 2 atom stereocenters. The number of benzene rings is 4. The van der Waals surface area contributed by atoms with E-state index in [1.165, 1.54) is 4.90 Å². The SMILES string of the molecule is C[C@H]([C@H](CC=Cc1nc2ccccc2o1)c1ccc2c(c1)OCO2)N(Cc1ccc2ccccc2c1)C(=O)C(O)=C(CC(=O)O)C(=O)OC1CCCCC1. The number of para-hydroxylation sites is 2. The lowest BCUT2D eigenvalue weighted by atomic mass is 9.87. The van der Waals surface area contributed by atoms with Crippen molar-refractivity contribution < 1.29 is 43.2 Å². The van der Waals surface area contributed by atoms with E-state index in [1.807, 2.05) is 97.9 Å². The summed E-state index contributed by atoms with van der Waals surface area (Å²) in [4.78, 5) is 46.1. The van der Waals surface area contributed by atoms with Gasteiger partial charge in [0.25, 0.3) is 5.91 Å². The van der Waals surface area contributed by atoms with Crippen LogP contribution in [0.2, 0.25) is 0 Å². The molecule has 0 unspecified atom stereocenters. The lowest BCUT2D eigenvalue weighted by Gasteiger charge is -2.35.